The van der Waals surface area contributed by atoms with Crippen molar-refractivity contribution in [2.45, 2.75) is 4.21 Å². The minimum atomic E-state index is -3.48. The van der Waals surface area contributed by atoms with Crippen LogP contribution in [0, 0.1) is 0 Å². The maximum Gasteiger partial charge on any atom is 0.257 e. The maximum absolute atomic E-state index is 12.5. The third kappa shape index (κ3) is 2.98. The van der Waals surface area contributed by atoms with Crippen LogP contribution in [0.3, 0.4) is 0 Å². The number of piperazine rings is 1. The van der Waals surface area contributed by atoms with E-state index in [0.717, 1.165) is 3.79 Å². The lowest BCUT2D eigenvalue weighted by atomic mass is 10.2. The summed E-state index contributed by atoms with van der Waals surface area (Å²) >= 11 is 4.46. The molecule has 0 saturated carbocycles. The Hall–Kier alpha value is -1.16. The Morgan fingerprint density at radius 3 is 2.45 bits per heavy atom. The van der Waals surface area contributed by atoms with Crippen LogP contribution in [-0.2, 0) is 10.0 Å². The molecule has 0 N–H and O–H groups in total. The smallest absolute Gasteiger partial charge is 0.257 e. The van der Waals surface area contributed by atoms with Crippen molar-refractivity contribution in [2.75, 3.05) is 26.2 Å². The fourth-order valence-electron chi connectivity index (χ4n) is 2.26. The van der Waals surface area contributed by atoms with Crippen molar-refractivity contribution >= 4 is 43.2 Å². The van der Waals surface area contributed by atoms with Gasteiger partial charge in [-0.3, -0.25) is 4.79 Å². The molecule has 2 aromatic rings. The summed E-state index contributed by atoms with van der Waals surface area (Å²) in [4.78, 5) is 13.8. The highest BCUT2D eigenvalue weighted by molar-refractivity contribution is 9.11. The van der Waals surface area contributed by atoms with Crippen molar-refractivity contribution < 1.29 is 17.6 Å². The Kier molecular flexibility index (Phi) is 4.40. The van der Waals surface area contributed by atoms with Gasteiger partial charge >= 0.3 is 0 Å². The lowest BCUT2D eigenvalue weighted by Gasteiger charge is -2.33. The number of amides is 1. The van der Waals surface area contributed by atoms with Crippen LogP contribution in [0.15, 0.2) is 43.1 Å². The van der Waals surface area contributed by atoms with Crippen molar-refractivity contribution in [1.82, 2.24) is 9.21 Å². The van der Waals surface area contributed by atoms with Gasteiger partial charge < -0.3 is 9.32 Å². The van der Waals surface area contributed by atoms with Crippen molar-refractivity contribution in [3.05, 3.63) is 40.1 Å². The molecule has 0 aromatic carbocycles. The SMILES string of the molecule is O=C(c1ccoc1)N1CCN(S(=O)(=O)c2ccc(Br)s2)CC1. The summed E-state index contributed by atoms with van der Waals surface area (Å²) in [6, 6.07) is 4.91. The van der Waals surface area contributed by atoms with E-state index in [4.69, 9.17) is 4.42 Å². The predicted octanol–water partition coefficient (Wildman–Crippen LogP) is 2.25. The number of furan rings is 1. The van der Waals surface area contributed by atoms with Crippen LogP contribution in [0.5, 0.6) is 0 Å². The number of nitrogens with zero attached hydrogens (tertiary/aromatic N) is 2. The first-order valence-electron chi connectivity index (χ1n) is 6.55. The Labute approximate surface area is 140 Å². The molecule has 2 aromatic heterocycles. The summed E-state index contributed by atoms with van der Waals surface area (Å²) in [6.07, 6.45) is 2.84. The largest absolute Gasteiger partial charge is 0.472 e. The van der Waals surface area contributed by atoms with Gasteiger partial charge in [-0.25, -0.2) is 8.42 Å². The molecule has 1 amide bonds. The lowest BCUT2D eigenvalue weighted by molar-refractivity contribution is 0.0697. The molecule has 1 fully saturated rings. The van der Waals surface area contributed by atoms with Crippen molar-refractivity contribution in [2.24, 2.45) is 0 Å². The molecule has 0 unspecified atom stereocenters. The average Bonchev–Trinajstić information content (AvgIpc) is 3.18. The highest BCUT2D eigenvalue weighted by Gasteiger charge is 2.31. The monoisotopic (exact) mass is 404 g/mol. The summed E-state index contributed by atoms with van der Waals surface area (Å²) in [5.74, 6) is -0.135. The van der Waals surface area contributed by atoms with Crippen LogP contribution in [0.25, 0.3) is 0 Å². The van der Waals surface area contributed by atoms with E-state index in [9.17, 15) is 13.2 Å². The van der Waals surface area contributed by atoms with Gasteiger partial charge in [0.15, 0.2) is 0 Å². The Balaban J connectivity index is 1.68. The van der Waals surface area contributed by atoms with E-state index in [2.05, 4.69) is 15.9 Å². The van der Waals surface area contributed by atoms with Crippen molar-refractivity contribution in [1.29, 1.82) is 0 Å². The zero-order valence-corrected chi connectivity index (χ0v) is 14.7. The maximum atomic E-state index is 12.5. The molecule has 0 radical (unpaired) electrons. The van der Waals surface area contributed by atoms with E-state index < -0.39 is 10.0 Å². The Bertz CT molecular complexity index is 762. The number of carbonyl (C=O) groups excluding carboxylic acids is 1. The third-order valence-corrected chi connectivity index (χ3v) is 7.43. The molecule has 1 saturated heterocycles. The molecular formula is C13H13BrN2O4S2. The Morgan fingerprint density at radius 1 is 1.18 bits per heavy atom. The molecule has 3 heterocycles. The van der Waals surface area contributed by atoms with Crippen LogP contribution in [0.2, 0.25) is 0 Å². The van der Waals surface area contributed by atoms with Gasteiger partial charge in [0.1, 0.15) is 10.5 Å². The summed E-state index contributed by atoms with van der Waals surface area (Å²) in [5, 5.41) is 0. The molecule has 9 heteroatoms. The Morgan fingerprint density at radius 2 is 1.91 bits per heavy atom. The van der Waals surface area contributed by atoms with Crippen LogP contribution in [0.1, 0.15) is 10.4 Å². The van der Waals surface area contributed by atoms with Gasteiger partial charge in [0.2, 0.25) is 0 Å². The molecule has 0 bridgehead atoms. The number of halogens is 1. The summed E-state index contributed by atoms with van der Waals surface area (Å²) in [7, 11) is -3.48. The van der Waals surface area contributed by atoms with Crippen molar-refractivity contribution in [3.63, 3.8) is 0 Å². The third-order valence-electron chi connectivity index (χ3n) is 3.44. The molecule has 6 nitrogen and oxygen atoms in total. The normalized spacial score (nSPS) is 16.9. The molecule has 1 aliphatic rings. The van der Waals surface area contributed by atoms with E-state index in [1.165, 1.54) is 28.2 Å². The molecule has 0 atom stereocenters. The number of rotatable bonds is 3. The van der Waals surface area contributed by atoms with Crippen LogP contribution < -0.4 is 0 Å². The second-order valence-corrected chi connectivity index (χ2v) is 9.39. The predicted molar refractivity (Wildman–Crippen MR) is 85.4 cm³/mol. The molecule has 1 aliphatic heterocycles. The van der Waals surface area contributed by atoms with Gasteiger partial charge in [0.05, 0.1) is 15.6 Å². The van der Waals surface area contributed by atoms with Crippen LogP contribution in [-0.4, -0.2) is 49.7 Å². The average molecular weight is 405 g/mol. The second kappa shape index (κ2) is 6.15. The first-order chi connectivity index (χ1) is 10.5. The van der Waals surface area contributed by atoms with E-state index in [1.54, 1.807) is 23.1 Å². The fraction of sp³-hybridized carbons (Fsp3) is 0.308. The van der Waals surface area contributed by atoms with E-state index in [-0.39, 0.29) is 5.91 Å². The second-order valence-electron chi connectivity index (χ2n) is 4.77. The number of hydrogen-bond donors (Lipinski definition) is 0. The highest BCUT2D eigenvalue weighted by Crippen LogP contribution is 2.29. The topological polar surface area (TPSA) is 70.8 Å². The first kappa shape index (κ1) is 15.7. The zero-order chi connectivity index (χ0) is 15.7. The lowest BCUT2D eigenvalue weighted by Crippen LogP contribution is -2.50. The van der Waals surface area contributed by atoms with Gasteiger partial charge in [-0.15, -0.1) is 11.3 Å². The van der Waals surface area contributed by atoms with Crippen LogP contribution >= 0.6 is 27.3 Å². The summed E-state index contributed by atoms with van der Waals surface area (Å²) in [6.45, 7) is 1.33. The number of hydrogen-bond acceptors (Lipinski definition) is 5. The number of sulfonamides is 1. The molecule has 22 heavy (non-hydrogen) atoms. The summed E-state index contributed by atoms with van der Waals surface area (Å²) in [5.41, 5.74) is 0.485. The molecule has 0 aliphatic carbocycles. The minimum Gasteiger partial charge on any atom is -0.472 e. The van der Waals surface area contributed by atoms with Gasteiger partial charge in [-0.2, -0.15) is 4.31 Å². The van der Waals surface area contributed by atoms with Crippen LogP contribution in [0.4, 0.5) is 0 Å². The summed E-state index contributed by atoms with van der Waals surface area (Å²) < 4.78 is 32.4. The van der Waals surface area contributed by atoms with Gasteiger partial charge in [-0.1, -0.05) is 0 Å². The minimum absolute atomic E-state index is 0.135. The molecule has 118 valence electrons. The van der Waals surface area contributed by atoms with Gasteiger partial charge in [-0.05, 0) is 34.1 Å². The molecular weight excluding hydrogens is 392 g/mol. The standard InChI is InChI=1S/C13H13BrN2O4S2/c14-11-1-2-12(21-11)22(18,19)16-6-4-15(5-7-16)13(17)10-3-8-20-9-10/h1-3,8-9H,4-7H2. The zero-order valence-electron chi connectivity index (χ0n) is 11.4. The van der Waals surface area contributed by atoms with E-state index >= 15 is 0 Å². The van der Waals surface area contributed by atoms with Gasteiger partial charge in [0.25, 0.3) is 15.9 Å². The fourth-order valence-corrected chi connectivity index (χ4v) is 5.85. The number of thiophene rings is 1. The molecule has 3 rings (SSSR count). The number of carbonyl (C=O) groups is 1. The van der Waals surface area contributed by atoms with Crippen molar-refractivity contribution in [3.8, 4) is 0 Å². The molecule has 0 spiro atoms. The van der Waals surface area contributed by atoms with E-state index in [0.29, 0.717) is 36.0 Å². The first-order valence-corrected chi connectivity index (χ1v) is 9.60. The van der Waals surface area contributed by atoms with Gasteiger partial charge in [0, 0.05) is 26.2 Å². The quantitative estimate of drug-likeness (QED) is 0.786. The van der Waals surface area contributed by atoms with E-state index in [1.807, 2.05) is 0 Å². The highest BCUT2D eigenvalue weighted by atomic mass is 79.9.